The normalized spacial score (nSPS) is 17.1. The molecule has 8 nitrogen and oxygen atoms in total. The van der Waals surface area contributed by atoms with Gasteiger partial charge in [-0.05, 0) is 19.5 Å². The van der Waals surface area contributed by atoms with E-state index in [4.69, 9.17) is 5.73 Å². The van der Waals surface area contributed by atoms with E-state index in [0.717, 1.165) is 39.1 Å². The third-order valence-corrected chi connectivity index (χ3v) is 3.04. The fraction of sp³-hybridized carbons (Fsp3) is 0.700. The van der Waals surface area contributed by atoms with E-state index >= 15 is 0 Å². The molecular weight excluding hydrogens is 236 g/mol. The number of aromatic amines is 2. The van der Waals surface area contributed by atoms with E-state index in [1.54, 1.807) is 0 Å². The molecule has 2 heterocycles. The van der Waals surface area contributed by atoms with Crippen LogP contribution < -0.4 is 21.9 Å². The van der Waals surface area contributed by atoms with Gasteiger partial charge in [0, 0.05) is 26.2 Å². The molecule has 0 amide bonds. The lowest BCUT2D eigenvalue weighted by Gasteiger charge is -2.34. The number of H-pyrrole nitrogens is 2. The minimum atomic E-state index is -0.578. The molecule has 8 heteroatoms. The third kappa shape index (κ3) is 2.96. The maximum Gasteiger partial charge on any atom is 0.342 e. The molecule has 1 aliphatic rings. The minimum Gasteiger partial charge on any atom is -0.348 e. The molecule has 1 fully saturated rings. The standard InChI is InChI=1S/C10H18N6O2/c11-2-1-3-15-4-6-16(7-5-15)8-9(17)12-10(18)14-13-8/h1-7,11H2,(H2,12,14,17,18). The van der Waals surface area contributed by atoms with Crippen LogP contribution in [0.3, 0.4) is 0 Å². The number of nitrogens with zero attached hydrogens (tertiary/aromatic N) is 3. The Morgan fingerprint density at radius 1 is 1.22 bits per heavy atom. The highest BCUT2D eigenvalue weighted by Gasteiger charge is 2.19. The molecular formula is C10H18N6O2. The van der Waals surface area contributed by atoms with Crippen molar-refractivity contribution in [3.63, 3.8) is 0 Å². The molecule has 18 heavy (non-hydrogen) atoms. The van der Waals surface area contributed by atoms with Gasteiger partial charge in [0.1, 0.15) is 0 Å². The summed E-state index contributed by atoms with van der Waals surface area (Å²) in [7, 11) is 0. The topological polar surface area (TPSA) is 111 Å². The molecule has 0 aromatic carbocycles. The van der Waals surface area contributed by atoms with Gasteiger partial charge in [-0.2, -0.15) is 0 Å². The van der Waals surface area contributed by atoms with Crippen molar-refractivity contribution in [2.45, 2.75) is 6.42 Å². The first-order chi connectivity index (χ1) is 8.70. The lowest BCUT2D eigenvalue weighted by molar-refractivity contribution is 0.255. The van der Waals surface area contributed by atoms with Crippen LogP contribution in [0.5, 0.6) is 0 Å². The van der Waals surface area contributed by atoms with Gasteiger partial charge in [-0.3, -0.25) is 14.7 Å². The van der Waals surface area contributed by atoms with Crippen LogP contribution in [0.15, 0.2) is 9.59 Å². The Kier molecular flexibility index (Phi) is 4.11. The second kappa shape index (κ2) is 5.78. The number of nitrogens with two attached hydrogens (primary N) is 1. The number of piperazine rings is 1. The SMILES string of the molecule is NCCCN1CCN(c2n[nH]c(=O)[nH]c2=O)CC1. The summed E-state index contributed by atoms with van der Waals surface area (Å²) in [6.07, 6.45) is 0.984. The van der Waals surface area contributed by atoms with Gasteiger partial charge in [0.2, 0.25) is 5.82 Å². The molecule has 0 atom stereocenters. The summed E-state index contributed by atoms with van der Waals surface area (Å²) in [6, 6.07) is 0. The zero-order chi connectivity index (χ0) is 13.0. The van der Waals surface area contributed by atoms with Crippen LogP contribution >= 0.6 is 0 Å². The Morgan fingerprint density at radius 2 is 1.94 bits per heavy atom. The van der Waals surface area contributed by atoms with Crippen molar-refractivity contribution in [1.29, 1.82) is 0 Å². The fourth-order valence-corrected chi connectivity index (χ4v) is 2.05. The number of hydrogen-bond acceptors (Lipinski definition) is 6. The molecule has 1 saturated heterocycles. The van der Waals surface area contributed by atoms with Crippen molar-refractivity contribution in [2.24, 2.45) is 5.73 Å². The summed E-state index contributed by atoms with van der Waals surface area (Å²) in [5.41, 5.74) is 4.46. The Balaban J connectivity index is 1.97. The van der Waals surface area contributed by atoms with Crippen molar-refractivity contribution in [2.75, 3.05) is 44.2 Å². The highest BCUT2D eigenvalue weighted by molar-refractivity contribution is 5.34. The Labute approximate surface area is 104 Å². The highest BCUT2D eigenvalue weighted by Crippen LogP contribution is 2.07. The number of aromatic nitrogens is 3. The first kappa shape index (κ1) is 12.8. The second-order valence-corrected chi connectivity index (χ2v) is 4.30. The molecule has 1 aromatic heterocycles. The van der Waals surface area contributed by atoms with Gasteiger partial charge in [0.25, 0.3) is 5.56 Å². The van der Waals surface area contributed by atoms with E-state index in [2.05, 4.69) is 20.1 Å². The van der Waals surface area contributed by atoms with Crippen LogP contribution in [0.2, 0.25) is 0 Å². The molecule has 0 unspecified atom stereocenters. The largest absolute Gasteiger partial charge is 0.348 e. The number of hydrogen-bond donors (Lipinski definition) is 3. The monoisotopic (exact) mass is 254 g/mol. The molecule has 100 valence electrons. The Hall–Kier alpha value is -1.67. The van der Waals surface area contributed by atoms with Crippen LogP contribution in [0, 0.1) is 0 Å². The molecule has 0 bridgehead atoms. The van der Waals surface area contributed by atoms with Crippen molar-refractivity contribution in [3.8, 4) is 0 Å². The van der Waals surface area contributed by atoms with Crippen molar-refractivity contribution >= 4 is 5.82 Å². The van der Waals surface area contributed by atoms with E-state index in [0.29, 0.717) is 6.54 Å². The van der Waals surface area contributed by atoms with E-state index < -0.39 is 11.2 Å². The van der Waals surface area contributed by atoms with Crippen molar-refractivity contribution in [1.82, 2.24) is 20.1 Å². The molecule has 4 N–H and O–H groups in total. The molecule has 0 aliphatic carbocycles. The molecule has 0 radical (unpaired) electrons. The summed E-state index contributed by atoms with van der Waals surface area (Å²) >= 11 is 0. The van der Waals surface area contributed by atoms with E-state index in [9.17, 15) is 9.59 Å². The Morgan fingerprint density at radius 3 is 2.56 bits per heavy atom. The lowest BCUT2D eigenvalue weighted by Crippen LogP contribution is -2.49. The summed E-state index contributed by atoms with van der Waals surface area (Å²) in [5.74, 6) is 0.285. The van der Waals surface area contributed by atoms with Crippen LogP contribution in [0.25, 0.3) is 0 Å². The Bertz CT molecular complexity index is 488. The summed E-state index contributed by atoms with van der Waals surface area (Å²) in [4.78, 5) is 28.8. The van der Waals surface area contributed by atoms with Crippen LogP contribution in [-0.4, -0.2) is 59.3 Å². The maximum absolute atomic E-state index is 11.6. The average molecular weight is 254 g/mol. The highest BCUT2D eigenvalue weighted by atomic mass is 16.2. The predicted octanol–water partition coefficient (Wildman–Crippen LogP) is -2.07. The number of nitrogens with one attached hydrogen (secondary N) is 2. The number of rotatable bonds is 4. The van der Waals surface area contributed by atoms with Gasteiger partial charge < -0.3 is 10.6 Å². The molecule has 1 aliphatic heterocycles. The first-order valence-corrected chi connectivity index (χ1v) is 6.07. The van der Waals surface area contributed by atoms with Gasteiger partial charge in [-0.15, -0.1) is 5.10 Å². The smallest absolute Gasteiger partial charge is 0.342 e. The molecule has 1 aromatic rings. The minimum absolute atomic E-state index is 0.285. The van der Waals surface area contributed by atoms with Gasteiger partial charge in [-0.25, -0.2) is 9.89 Å². The van der Waals surface area contributed by atoms with E-state index in [1.807, 2.05) is 4.90 Å². The van der Waals surface area contributed by atoms with Crippen LogP contribution in [0.1, 0.15) is 6.42 Å². The van der Waals surface area contributed by atoms with Crippen molar-refractivity contribution < 1.29 is 0 Å². The lowest BCUT2D eigenvalue weighted by atomic mass is 10.3. The van der Waals surface area contributed by atoms with E-state index in [1.165, 1.54) is 0 Å². The molecule has 0 spiro atoms. The zero-order valence-electron chi connectivity index (χ0n) is 10.2. The summed E-state index contributed by atoms with van der Waals surface area (Å²) in [6.45, 7) is 4.89. The summed E-state index contributed by atoms with van der Waals surface area (Å²) in [5, 5.41) is 6.05. The first-order valence-electron chi connectivity index (χ1n) is 6.07. The van der Waals surface area contributed by atoms with Crippen molar-refractivity contribution in [3.05, 3.63) is 20.8 Å². The number of anilines is 1. The van der Waals surface area contributed by atoms with Gasteiger partial charge in [0.05, 0.1) is 0 Å². The van der Waals surface area contributed by atoms with E-state index in [-0.39, 0.29) is 5.82 Å². The van der Waals surface area contributed by atoms with Gasteiger partial charge >= 0.3 is 5.69 Å². The predicted molar refractivity (Wildman–Crippen MR) is 67.8 cm³/mol. The van der Waals surface area contributed by atoms with Crippen LogP contribution in [-0.2, 0) is 0 Å². The zero-order valence-corrected chi connectivity index (χ0v) is 10.2. The quantitative estimate of drug-likeness (QED) is 0.569. The molecule has 0 saturated carbocycles. The second-order valence-electron chi connectivity index (χ2n) is 4.30. The fourth-order valence-electron chi connectivity index (χ4n) is 2.05. The van der Waals surface area contributed by atoms with Gasteiger partial charge in [0.15, 0.2) is 0 Å². The average Bonchev–Trinajstić information content (AvgIpc) is 2.37. The summed E-state index contributed by atoms with van der Waals surface area (Å²) < 4.78 is 0. The van der Waals surface area contributed by atoms with Crippen LogP contribution in [0.4, 0.5) is 5.82 Å². The van der Waals surface area contributed by atoms with Gasteiger partial charge in [-0.1, -0.05) is 0 Å². The maximum atomic E-state index is 11.6. The third-order valence-electron chi connectivity index (χ3n) is 3.04. The molecule has 2 rings (SSSR count).